The van der Waals surface area contributed by atoms with Gasteiger partial charge in [0.05, 0.1) is 0 Å². The Balaban J connectivity index is 1.09. The zero-order valence-electron chi connectivity index (χ0n) is 24.7. The molecule has 0 unspecified atom stereocenters. The molecule has 0 aliphatic rings. The van der Waals surface area contributed by atoms with Crippen LogP contribution in [0.15, 0.2) is 157 Å². The molecule has 10 aromatic rings. The monoisotopic (exact) mass is 654 g/mol. The summed E-state index contributed by atoms with van der Waals surface area (Å²) in [5.41, 5.74) is 11.6. The van der Waals surface area contributed by atoms with Gasteiger partial charge in [-0.2, -0.15) is 0 Å². The molecule has 4 nitrogen and oxygen atoms in total. The summed E-state index contributed by atoms with van der Waals surface area (Å²) in [6.45, 7) is 0. The van der Waals surface area contributed by atoms with Gasteiger partial charge >= 0.3 is 272 Å². The van der Waals surface area contributed by atoms with Crippen molar-refractivity contribution in [1.82, 2.24) is 18.5 Å². The van der Waals surface area contributed by atoms with E-state index in [1.54, 1.807) is 0 Å². The van der Waals surface area contributed by atoms with E-state index in [0.29, 0.717) is 0 Å². The number of hydrogen-bond acceptors (Lipinski definition) is 1. The maximum absolute atomic E-state index is 5.20. The van der Waals surface area contributed by atoms with Crippen LogP contribution in [0.4, 0.5) is 0 Å². The molecule has 0 aliphatic heterocycles. The molecular weight excluding hydrogens is 627 g/mol. The van der Waals surface area contributed by atoms with Gasteiger partial charge in [0.2, 0.25) is 0 Å². The van der Waals surface area contributed by atoms with Gasteiger partial charge in [-0.05, 0) is 0 Å². The molecule has 6 aromatic carbocycles. The fourth-order valence-corrected chi connectivity index (χ4v) is 8.70. The Morgan fingerprint density at radius 3 is 1.30 bits per heavy atom. The number of hydrogen-bond donors (Lipinski definition) is 0. The molecule has 216 valence electrons. The van der Waals surface area contributed by atoms with E-state index in [-0.39, 0.29) is 14.5 Å². The molecule has 0 saturated heterocycles. The molecule has 0 spiro atoms. The molecule has 4 heterocycles. The maximum atomic E-state index is 5.20. The molecular formula is C41H26N4Se. The first kappa shape index (κ1) is 25.7. The molecule has 4 aromatic heterocycles. The second-order valence-corrected chi connectivity index (χ2v) is 13.5. The van der Waals surface area contributed by atoms with E-state index in [1.165, 1.54) is 43.6 Å². The Morgan fingerprint density at radius 1 is 0.435 bits per heavy atom. The minimum absolute atomic E-state index is 0.221. The number of benzene rings is 6. The van der Waals surface area contributed by atoms with Crippen molar-refractivity contribution < 1.29 is 0 Å². The predicted molar refractivity (Wildman–Crippen MR) is 192 cm³/mol. The molecule has 0 amide bonds. The normalized spacial score (nSPS) is 11.9. The number of aromatic nitrogens is 4. The molecule has 0 radical (unpaired) electrons. The Hall–Kier alpha value is -5.61. The SMILES string of the molecule is c1ccc2c(c1)c1ccccc1n2-c1ccc(-c2nc3[se]ccn3c2-c2ccc(-n3c4ccccc4c4ccccc43)cc2)cc1. The summed E-state index contributed by atoms with van der Waals surface area (Å²) in [4.78, 5) is 7.45. The van der Waals surface area contributed by atoms with Crippen molar-refractivity contribution in [3.8, 4) is 33.9 Å². The number of para-hydroxylation sites is 4. The summed E-state index contributed by atoms with van der Waals surface area (Å²) < 4.78 is 8.15. The summed E-state index contributed by atoms with van der Waals surface area (Å²) >= 11 is 0.221. The summed E-state index contributed by atoms with van der Waals surface area (Å²) in [5, 5.41) is 5.09. The van der Waals surface area contributed by atoms with Gasteiger partial charge in [0, 0.05) is 0 Å². The van der Waals surface area contributed by atoms with E-state index in [1.807, 2.05) is 0 Å². The summed E-state index contributed by atoms with van der Waals surface area (Å²) in [5.74, 6) is 0. The van der Waals surface area contributed by atoms with E-state index in [0.717, 1.165) is 38.4 Å². The molecule has 0 N–H and O–H groups in total. The molecule has 0 fully saturated rings. The van der Waals surface area contributed by atoms with Crippen LogP contribution in [0, 0.1) is 0 Å². The van der Waals surface area contributed by atoms with Crippen molar-refractivity contribution in [1.29, 1.82) is 0 Å². The second-order valence-electron chi connectivity index (χ2n) is 11.7. The van der Waals surface area contributed by atoms with Crippen LogP contribution in [-0.2, 0) is 0 Å². The van der Waals surface area contributed by atoms with Crippen molar-refractivity contribution in [2.45, 2.75) is 0 Å². The van der Waals surface area contributed by atoms with Gasteiger partial charge in [0.25, 0.3) is 0 Å². The zero-order valence-corrected chi connectivity index (χ0v) is 26.4. The molecule has 0 bridgehead atoms. The number of rotatable bonds is 4. The Bertz CT molecular complexity index is 2630. The van der Waals surface area contributed by atoms with Crippen molar-refractivity contribution in [2.24, 2.45) is 0 Å². The Labute approximate surface area is 270 Å². The first-order valence-corrected chi connectivity index (χ1v) is 17.3. The van der Waals surface area contributed by atoms with Gasteiger partial charge in [-0.1, -0.05) is 0 Å². The van der Waals surface area contributed by atoms with Crippen LogP contribution in [0.1, 0.15) is 0 Å². The van der Waals surface area contributed by atoms with Crippen molar-refractivity contribution >= 4 is 62.6 Å². The van der Waals surface area contributed by atoms with Crippen molar-refractivity contribution in [2.75, 3.05) is 0 Å². The van der Waals surface area contributed by atoms with Gasteiger partial charge in [-0.3, -0.25) is 0 Å². The van der Waals surface area contributed by atoms with Crippen LogP contribution in [0.2, 0.25) is 0 Å². The first-order chi connectivity index (χ1) is 22.8. The number of fused-ring (bicyclic) bond motifs is 7. The van der Waals surface area contributed by atoms with E-state index in [2.05, 4.69) is 170 Å². The molecule has 5 heteroatoms. The zero-order chi connectivity index (χ0) is 30.2. The molecule has 46 heavy (non-hydrogen) atoms. The van der Waals surface area contributed by atoms with Crippen LogP contribution in [0.25, 0.3) is 82.0 Å². The van der Waals surface area contributed by atoms with Gasteiger partial charge in [0.15, 0.2) is 0 Å². The Kier molecular flexibility index (Phi) is 5.56. The standard InChI is InChI=1S/C41H26N4Se/c1-5-13-35-31(9-1)32-10-2-6-14-36(32)44(35)29-21-17-27(18-22-29)39-40(43-25-26-46-41(43)42-39)28-19-23-30(24-20-28)45-37-15-7-3-11-33(37)34-12-4-8-16-38(34)45/h1-26H. The van der Waals surface area contributed by atoms with Crippen LogP contribution in [-0.4, -0.2) is 33.0 Å². The topological polar surface area (TPSA) is 27.2 Å². The van der Waals surface area contributed by atoms with Crippen LogP contribution < -0.4 is 0 Å². The molecule has 0 atom stereocenters. The summed E-state index contributed by atoms with van der Waals surface area (Å²) in [6, 6.07) is 52.5. The minimum atomic E-state index is 0.221. The fraction of sp³-hybridized carbons (Fsp3) is 0. The first-order valence-electron chi connectivity index (χ1n) is 15.5. The van der Waals surface area contributed by atoms with Crippen LogP contribution in [0.3, 0.4) is 0 Å². The Morgan fingerprint density at radius 2 is 0.848 bits per heavy atom. The predicted octanol–water partition coefficient (Wildman–Crippen LogP) is 9.92. The number of imidazole rings is 1. The molecule has 10 rings (SSSR count). The fourth-order valence-electron chi connectivity index (χ4n) is 7.20. The van der Waals surface area contributed by atoms with Gasteiger partial charge in [-0.15, -0.1) is 0 Å². The average molecular weight is 654 g/mol. The van der Waals surface area contributed by atoms with Crippen molar-refractivity contribution in [3.05, 3.63) is 157 Å². The van der Waals surface area contributed by atoms with E-state index in [4.69, 9.17) is 4.98 Å². The third kappa shape index (κ3) is 3.70. The van der Waals surface area contributed by atoms with E-state index >= 15 is 0 Å². The third-order valence-corrected chi connectivity index (χ3v) is 10.8. The summed E-state index contributed by atoms with van der Waals surface area (Å²) in [6.07, 6.45) is 2.19. The quantitative estimate of drug-likeness (QED) is 0.174. The second kappa shape index (κ2) is 9.95. The summed E-state index contributed by atoms with van der Waals surface area (Å²) in [7, 11) is 0. The van der Waals surface area contributed by atoms with Gasteiger partial charge < -0.3 is 0 Å². The third-order valence-electron chi connectivity index (χ3n) is 9.22. The van der Waals surface area contributed by atoms with E-state index in [9.17, 15) is 0 Å². The number of nitrogens with zero attached hydrogens (tertiary/aromatic N) is 4. The molecule has 0 saturated carbocycles. The molecule has 0 aliphatic carbocycles. The van der Waals surface area contributed by atoms with Gasteiger partial charge in [0.1, 0.15) is 0 Å². The average Bonchev–Trinajstić information content (AvgIpc) is 3.88. The van der Waals surface area contributed by atoms with Crippen LogP contribution >= 0.6 is 0 Å². The van der Waals surface area contributed by atoms with Crippen LogP contribution in [0.5, 0.6) is 0 Å². The van der Waals surface area contributed by atoms with Crippen molar-refractivity contribution in [3.63, 3.8) is 0 Å². The van der Waals surface area contributed by atoms with E-state index < -0.39 is 0 Å². The van der Waals surface area contributed by atoms with Gasteiger partial charge in [-0.25, -0.2) is 0 Å².